The molecule has 2 heterocycles. The van der Waals surface area contributed by atoms with Gasteiger partial charge in [-0.15, -0.1) is 0 Å². The third-order valence-corrected chi connectivity index (χ3v) is 5.17. The fourth-order valence-corrected chi connectivity index (χ4v) is 3.72. The molecule has 1 aliphatic carbocycles. The molecule has 150 valence electrons. The Hall–Kier alpha value is -2.74. The summed E-state index contributed by atoms with van der Waals surface area (Å²) in [7, 11) is 0. The van der Waals surface area contributed by atoms with E-state index in [9.17, 15) is 9.90 Å². The third kappa shape index (κ3) is 3.77. The van der Waals surface area contributed by atoms with Crippen LogP contribution in [-0.4, -0.2) is 46.4 Å². The summed E-state index contributed by atoms with van der Waals surface area (Å²) in [5, 5.41) is 10.3. The molecule has 28 heavy (non-hydrogen) atoms. The number of hydrogen-bond acceptors (Lipinski definition) is 7. The van der Waals surface area contributed by atoms with Crippen molar-refractivity contribution in [3.8, 4) is 17.2 Å². The monoisotopic (exact) mass is 388 g/mol. The summed E-state index contributed by atoms with van der Waals surface area (Å²) in [5.41, 5.74) is 0.226. The molecule has 0 unspecified atom stereocenters. The largest absolute Gasteiger partial charge is 0.484 e. The molecule has 1 aromatic carbocycles. The number of aliphatic hydroxyl groups excluding tert-OH is 1. The zero-order valence-electron chi connectivity index (χ0n) is 15.8. The average molecular weight is 388 g/mol. The minimum atomic E-state index is -0.488. The third-order valence-electron chi connectivity index (χ3n) is 5.17. The summed E-state index contributed by atoms with van der Waals surface area (Å²) < 4.78 is 21.7. The second-order valence-corrected chi connectivity index (χ2v) is 6.94. The van der Waals surface area contributed by atoms with Gasteiger partial charge in [-0.1, -0.05) is 12.8 Å². The van der Waals surface area contributed by atoms with Crippen molar-refractivity contribution in [2.45, 2.75) is 51.4 Å². The van der Waals surface area contributed by atoms with Gasteiger partial charge >= 0.3 is 0 Å². The summed E-state index contributed by atoms with van der Waals surface area (Å²) in [4.78, 5) is 18.8. The van der Waals surface area contributed by atoms with Crippen LogP contribution in [0, 0.1) is 0 Å². The predicted octanol–water partition coefficient (Wildman–Crippen LogP) is 2.75. The van der Waals surface area contributed by atoms with Gasteiger partial charge in [-0.3, -0.25) is 4.79 Å². The second kappa shape index (κ2) is 8.10. The van der Waals surface area contributed by atoms with E-state index in [1.54, 1.807) is 23.1 Å². The lowest BCUT2D eigenvalue weighted by atomic mass is 9.91. The Morgan fingerprint density at radius 3 is 2.93 bits per heavy atom. The van der Waals surface area contributed by atoms with Gasteiger partial charge in [0, 0.05) is 12.6 Å². The van der Waals surface area contributed by atoms with Crippen molar-refractivity contribution in [2.24, 2.45) is 0 Å². The first-order valence-electron chi connectivity index (χ1n) is 9.61. The first-order valence-corrected chi connectivity index (χ1v) is 9.61. The average Bonchev–Trinajstić information content (AvgIpc) is 3.37. The SMILES string of the molecule is CCN(C(=O)c1coc(COc2ccc3c(c2)OCO3)n1)[C@@H]1CCCC[C@H]1O. The summed E-state index contributed by atoms with van der Waals surface area (Å²) in [6.07, 6.45) is 4.39. The molecule has 2 atom stereocenters. The van der Waals surface area contributed by atoms with E-state index in [0.29, 0.717) is 29.7 Å². The molecule has 0 radical (unpaired) electrons. The number of rotatable bonds is 6. The zero-order valence-corrected chi connectivity index (χ0v) is 15.8. The number of carbonyl (C=O) groups excluding carboxylic acids is 1. The van der Waals surface area contributed by atoms with Gasteiger partial charge in [0.2, 0.25) is 12.7 Å². The molecule has 0 bridgehead atoms. The molecule has 4 rings (SSSR count). The van der Waals surface area contributed by atoms with Crippen LogP contribution in [0.1, 0.15) is 49.0 Å². The number of benzene rings is 1. The molecule has 1 aromatic heterocycles. The standard InChI is InChI=1S/C20H24N2O6/c1-2-22(15-5-3-4-6-16(15)23)20(24)14-10-26-19(21-14)11-25-13-7-8-17-18(9-13)28-12-27-17/h7-10,15-16,23H,2-6,11-12H2,1H3/t15-,16-/m1/s1. The summed E-state index contributed by atoms with van der Waals surface area (Å²) in [5.74, 6) is 1.98. The van der Waals surface area contributed by atoms with Crippen LogP contribution >= 0.6 is 0 Å². The minimum absolute atomic E-state index is 0.0884. The number of fused-ring (bicyclic) bond motifs is 1. The van der Waals surface area contributed by atoms with E-state index in [1.807, 2.05) is 6.92 Å². The van der Waals surface area contributed by atoms with Crippen LogP contribution in [-0.2, 0) is 6.61 Å². The van der Waals surface area contributed by atoms with Gasteiger partial charge in [0.25, 0.3) is 5.91 Å². The molecular formula is C20H24N2O6. The number of aliphatic hydroxyl groups is 1. The Kier molecular flexibility index (Phi) is 5.38. The lowest BCUT2D eigenvalue weighted by Gasteiger charge is -2.36. The van der Waals surface area contributed by atoms with Crippen molar-refractivity contribution in [3.05, 3.63) is 36.0 Å². The Balaban J connectivity index is 1.39. The molecule has 1 saturated carbocycles. The number of likely N-dealkylation sites (N-methyl/N-ethyl adjacent to an activating group) is 1. The van der Waals surface area contributed by atoms with Gasteiger partial charge in [-0.25, -0.2) is 4.98 Å². The highest BCUT2D eigenvalue weighted by atomic mass is 16.7. The number of ether oxygens (including phenoxy) is 3. The van der Waals surface area contributed by atoms with Gasteiger partial charge in [0.05, 0.1) is 12.1 Å². The highest BCUT2D eigenvalue weighted by molar-refractivity contribution is 5.92. The van der Waals surface area contributed by atoms with Crippen molar-refractivity contribution < 1.29 is 28.5 Å². The molecule has 2 aliphatic rings. The van der Waals surface area contributed by atoms with Crippen molar-refractivity contribution in [1.29, 1.82) is 0 Å². The van der Waals surface area contributed by atoms with Crippen LogP contribution in [0.15, 0.2) is 28.9 Å². The maximum Gasteiger partial charge on any atom is 0.276 e. The Bertz CT molecular complexity index is 836. The number of aromatic nitrogens is 1. The number of carbonyl (C=O) groups is 1. The predicted molar refractivity (Wildman–Crippen MR) is 98.4 cm³/mol. The molecular weight excluding hydrogens is 364 g/mol. The molecule has 0 spiro atoms. The van der Waals surface area contributed by atoms with Gasteiger partial charge in [-0.05, 0) is 31.9 Å². The molecule has 8 heteroatoms. The van der Waals surface area contributed by atoms with Crippen LogP contribution in [0.4, 0.5) is 0 Å². The highest BCUT2D eigenvalue weighted by Gasteiger charge is 2.32. The van der Waals surface area contributed by atoms with E-state index in [-0.39, 0.29) is 31.0 Å². The Labute approximate surface area is 163 Å². The van der Waals surface area contributed by atoms with Crippen LogP contribution in [0.25, 0.3) is 0 Å². The zero-order chi connectivity index (χ0) is 19.5. The minimum Gasteiger partial charge on any atom is -0.484 e. The fourth-order valence-electron chi connectivity index (χ4n) is 3.72. The smallest absolute Gasteiger partial charge is 0.276 e. The van der Waals surface area contributed by atoms with E-state index < -0.39 is 6.10 Å². The molecule has 1 amide bonds. The van der Waals surface area contributed by atoms with Gasteiger partial charge in [0.1, 0.15) is 12.0 Å². The number of nitrogens with zero attached hydrogens (tertiary/aromatic N) is 2. The van der Waals surface area contributed by atoms with Gasteiger partial charge in [0.15, 0.2) is 23.8 Å². The summed E-state index contributed by atoms with van der Waals surface area (Å²) >= 11 is 0. The number of oxazole rings is 1. The van der Waals surface area contributed by atoms with Gasteiger partial charge < -0.3 is 28.6 Å². The normalized spacial score (nSPS) is 20.8. The Morgan fingerprint density at radius 1 is 1.29 bits per heavy atom. The van der Waals surface area contributed by atoms with Gasteiger partial charge in [-0.2, -0.15) is 0 Å². The summed E-state index contributed by atoms with van der Waals surface area (Å²) in [6, 6.07) is 5.11. The molecule has 1 N–H and O–H groups in total. The molecule has 1 aliphatic heterocycles. The van der Waals surface area contributed by atoms with E-state index in [1.165, 1.54) is 6.26 Å². The molecule has 0 saturated heterocycles. The van der Waals surface area contributed by atoms with E-state index in [4.69, 9.17) is 18.6 Å². The van der Waals surface area contributed by atoms with Crippen molar-refractivity contribution in [3.63, 3.8) is 0 Å². The first kappa shape index (κ1) is 18.6. The fraction of sp³-hybridized carbons (Fsp3) is 0.500. The van der Waals surface area contributed by atoms with Crippen molar-refractivity contribution >= 4 is 5.91 Å². The quantitative estimate of drug-likeness (QED) is 0.813. The van der Waals surface area contributed by atoms with Crippen molar-refractivity contribution in [2.75, 3.05) is 13.3 Å². The van der Waals surface area contributed by atoms with Crippen LogP contribution in [0.3, 0.4) is 0 Å². The highest BCUT2D eigenvalue weighted by Crippen LogP contribution is 2.35. The molecule has 1 fully saturated rings. The number of amides is 1. The molecule has 2 aromatic rings. The van der Waals surface area contributed by atoms with Crippen LogP contribution < -0.4 is 14.2 Å². The van der Waals surface area contributed by atoms with Crippen molar-refractivity contribution in [1.82, 2.24) is 9.88 Å². The number of hydrogen-bond donors (Lipinski definition) is 1. The maximum absolute atomic E-state index is 12.9. The van der Waals surface area contributed by atoms with Crippen LogP contribution in [0.5, 0.6) is 17.2 Å². The lowest BCUT2D eigenvalue weighted by molar-refractivity contribution is 0.0192. The topological polar surface area (TPSA) is 94.3 Å². The summed E-state index contributed by atoms with van der Waals surface area (Å²) in [6.45, 7) is 2.71. The van der Waals surface area contributed by atoms with E-state index >= 15 is 0 Å². The van der Waals surface area contributed by atoms with E-state index in [0.717, 1.165) is 25.7 Å². The maximum atomic E-state index is 12.9. The second-order valence-electron chi connectivity index (χ2n) is 6.94. The molecule has 8 nitrogen and oxygen atoms in total. The first-order chi connectivity index (χ1) is 13.7. The Morgan fingerprint density at radius 2 is 2.11 bits per heavy atom. The van der Waals surface area contributed by atoms with Crippen LogP contribution in [0.2, 0.25) is 0 Å². The lowest BCUT2D eigenvalue weighted by Crippen LogP contribution is -2.48. The van der Waals surface area contributed by atoms with E-state index in [2.05, 4.69) is 4.98 Å².